The first-order chi connectivity index (χ1) is 10.7. The second kappa shape index (κ2) is 6.72. The number of thioether (sulfide) groups is 1. The topological polar surface area (TPSA) is 44.7 Å². The number of amides is 1. The van der Waals surface area contributed by atoms with Crippen molar-refractivity contribution in [3.63, 3.8) is 0 Å². The number of hydrogen-bond donors (Lipinski definition) is 1. The Morgan fingerprint density at radius 2 is 1.73 bits per heavy atom. The van der Waals surface area contributed by atoms with Gasteiger partial charge in [0.2, 0.25) is 5.91 Å². The number of benzene rings is 2. The van der Waals surface area contributed by atoms with Gasteiger partial charge in [-0.3, -0.25) is 9.69 Å². The summed E-state index contributed by atoms with van der Waals surface area (Å²) in [6.45, 7) is 0. The first-order valence-corrected chi connectivity index (χ1v) is 8.09. The van der Waals surface area contributed by atoms with E-state index in [1.54, 1.807) is 4.90 Å². The normalized spacial score (nSPS) is 16.1. The summed E-state index contributed by atoms with van der Waals surface area (Å²) in [5, 5.41) is 3.99. The van der Waals surface area contributed by atoms with Gasteiger partial charge in [-0.15, -0.1) is 0 Å². The number of nitrogens with one attached hydrogen (secondary N) is 1. The quantitative estimate of drug-likeness (QED) is 0.857. The standard InChI is InChI=1S/C16H13N3OS2/c20-14-11-22-16(19(14)13-9-5-2-6-10-13)18-15(21)17-12-7-3-1-4-8-12/h1-10H,11H2,(H,17,21)/b18-16-. The fourth-order valence-electron chi connectivity index (χ4n) is 2.04. The first-order valence-electron chi connectivity index (χ1n) is 6.69. The van der Waals surface area contributed by atoms with Crippen LogP contribution in [0, 0.1) is 0 Å². The number of para-hydroxylation sites is 2. The number of amidine groups is 1. The number of carbonyl (C=O) groups is 1. The van der Waals surface area contributed by atoms with E-state index in [1.807, 2.05) is 60.7 Å². The van der Waals surface area contributed by atoms with Crippen LogP contribution < -0.4 is 10.2 Å². The zero-order chi connectivity index (χ0) is 15.4. The Morgan fingerprint density at radius 3 is 2.41 bits per heavy atom. The van der Waals surface area contributed by atoms with E-state index in [4.69, 9.17) is 12.2 Å². The molecule has 0 radical (unpaired) electrons. The maximum atomic E-state index is 12.1. The molecule has 0 spiro atoms. The minimum Gasteiger partial charge on any atom is -0.331 e. The Bertz CT molecular complexity index is 717. The van der Waals surface area contributed by atoms with Gasteiger partial charge >= 0.3 is 0 Å². The Hall–Kier alpha value is -2.18. The lowest BCUT2D eigenvalue weighted by molar-refractivity contribution is -0.115. The third-order valence-electron chi connectivity index (χ3n) is 3.00. The lowest BCUT2D eigenvalue weighted by Crippen LogP contribution is -2.30. The second-order valence-electron chi connectivity index (χ2n) is 4.54. The number of nitrogens with zero attached hydrogens (tertiary/aromatic N) is 2. The molecule has 0 saturated carbocycles. The molecule has 1 aliphatic rings. The molecule has 2 aromatic carbocycles. The van der Waals surface area contributed by atoms with Crippen LogP contribution in [-0.2, 0) is 4.79 Å². The Balaban J connectivity index is 1.80. The third kappa shape index (κ3) is 3.35. The van der Waals surface area contributed by atoms with E-state index in [0.717, 1.165) is 11.4 Å². The van der Waals surface area contributed by atoms with Gasteiger partial charge < -0.3 is 5.32 Å². The maximum absolute atomic E-state index is 12.1. The first kappa shape index (κ1) is 14.7. The lowest BCUT2D eigenvalue weighted by atomic mass is 10.3. The molecule has 4 nitrogen and oxygen atoms in total. The molecule has 6 heteroatoms. The van der Waals surface area contributed by atoms with E-state index in [1.165, 1.54) is 11.8 Å². The molecule has 22 heavy (non-hydrogen) atoms. The summed E-state index contributed by atoms with van der Waals surface area (Å²) in [7, 11) is 0. The van der Waals surface area contributed by atoms with E-state index in [9.17, 15) is 4.79 Å². The van der Waals surface area contributed by atoms with Gasteiger partial charge in [0.1, 0.15) is 0 Å². The molecule has 1 aliphatic heterocycles. The average molecular weight is 327 g/mol. The summed E-state index contributed by atoms with van der Waals surface area (Å²) < 4.78 is 0. The molecule has 3 rings (SSSR count). The number of aliphatic imine (C=N–C) groups is 1. The summed E-state index contributed by atoms with van der Waals surface area (Å²) in [6, 6.07) is 19.1. The maximum Gasteiger partial charge on any atom is 0.243 e. The molecule has 0 bridgehead atoms. The fraction of sp³-hybridized carbons (Fsp3) is 0.0625. The van der Waals surface area contributed by atoms with Gasteiger partial charge in [-0.2, -0.15) is 4.99 Å². The summed E-state index contributed by atoms with van der Waals surface area (Å²) >= 11 is 6.66. The van der Waals surface area contributed by atoms with Crippen molar-refractivity contribution in [2.45, 2.75) is 0 Å². The van der Waals surface area contributed by atoms with Crippen molar-refractivity contribution in [1.29, 1.82) is 0 Å². The number of hydrogen-bond acceptors (Lipinski definition) is 3. The van der Waals surface area contributed by atoms with Gasteiger partial charge in [0.15, 0.2) is 10.3 Å². The zero-order valence-corrected chi connectivity index (χ0v) is 13.2. The van der Waals surface area contributed by atoms with Crippen molar-refractivity contribution in [2.24, 2.45) is 4.99 Å². The highest BCUT2D eigenvalue weighted by atomic mass is 32.2. The highest BCUT2D eigenvalue weighted by molar-refractivity contribution is 8.15. The molecule has 110 valence electrons. The van der Waals surface area contributed by atoms with Gasteiger partial charge in [0, 0.05) is 5.69 Å². The minimum absolute atomic E-state index is 0.0115. The Morgan fingerprint density at radius 1 is 1.09 bits per heavy atom. The van der Waals surface area contributed by atoms with Crippen LogP contribution in [0.3, 0.4) is 0 Å². The summed E-state index contributed by atoms with van der Waals surface area (Å²) in [5.41, 5.74) is 1.68. The van der Waals surface area contributed by atoms with Crippen LogP contribution in [0.5, 0.6) is 0 Å². The van der Waals surface area contributed by atoms with Crippen molar-refractivity contribution in [2.75, 3.05) is 16.0 Å². The second-order valence-corrected chi connectivity index (χ2v) is 5.87. The van der Waals surface area contributed by atoms with Crippen LogP contribution >= 0.6 is 24.0 Å². The largest absolute Gasteiger partial charge is 0.331 e. The predicted octanol–water partition coefficient (Wildman–Crippen LogP) is 3.52. The molecule has 2 aromatic rings. The highest BCUT2D eigenvalue weighted by Crippen LogP contribution is 2.26. The zero-order valence-electron chi connectivity index (χ0n) is 11.6. The molecular formula is C16H13N3OS2. The molecule has 0 aliphatic carbocycles. The number of thiocarbonyl (C=S) groups is 1. The smallest absolute Gasteiger partial charge is 0.243 e. The molecule has 1 fully saturated rings. The van der Waals surface area contributed by atoms with Gasteiger partial charge in [0.25, 0.3) is 0 Å². The van der Waals surface area contributed by atoms with E-state index in [2.05, 4.69) is 10.3 Å². The van der Waals surface area contributed by atoms with E-state index in [-0.39, 0.29) is 5.91 Å². The van der Waals surface area contributed by atoms with Crippen molar-refractivity contribution in [3.05, 3.63) is 60.7 Å². The van der Waals surface area contributed by atoms with Crippen LogP contribution in [0.15, 0.2) is 65.7 Å². The molecule has 1 amide bonds. The Kier molecular flexibility index (Phi) is 4.50. The van der Waals surface area contributed by atoms with E-state index in [0.29, 0.717) is 16.0 Å². The number of anilines is 2. The van der Waals surface area contributed by atoms with Crippen LogP contribution in [0.25, 0.3) is 0 Å². The molecular weight excluding hydrogens is 314 g/mol. The van der Waals surface area contributed by atoms with E-state index < -0.39 is 0 Å². The minimum atomic E-state index is 0.0115. The van der Waals surface area contributed by atoms with Crippen molar-refractivity contribution in [1.82, 2.24) is 0 Å². The van der Waals surface area contributed by atoms with Crippen LogP contribution in [0.4, 0.5) is 11.4 Å². The molecule has 0 atom stereocenters. The van der Waals surface area contributed by atoms with Crippen LogP contribution in [0.1, 0.15) is 0 Å². The number of rotatable bonds is 2. The molecule has 1 saturated heterocycles. The third-order valence-corrected chi connectivity index (χ3v) is 4.12. The summed E-state index contributed by atoms with van der Waals surface area (Å²) in [4.78, 5) is 18.1. The van der Waals surface area contributed by atoms with Crippen molar-refractivity contribution < 1.29 is 4.79 Å². The molecule has 1 N–H and O–H groups in total. The van der Waals surface area contributed by atoms with Crippen molar-refractivity contribution in [3.8, 4) is 0 Å². The summed E-state index contributed by atoms with van der Waals surface area (Å²) in [6.07, 6.45) is 0. The SMILES string of the molecule is O=C1CS/C(=N\C(=S)Nc2ccccc2)N1c1ccccc1. The van der Waals surface area contributed by atoms with Crippen LogP contribution in [0.2, 0.25) is 0 Å². The molecule has 1 heterocycles. The van der Waals surface area contributed by atoms with Gasteiger partial charge in [-0.05, 0) is 36.5 Å². The van der Waals surface area contributed by atoms with Gasteiger partial charge in [-0.1, -0.05) is 48.2 Å². The summed E-state index contributed by atoms with van der Waals surface area (Å²) in [5.74, 6) is 0.388. The van der Waals surface area contributed by atoms with Gasteiger partial charge in [0.05, 0.1) is 11.4 Å². The van der Waals surface area contributed by atoms with E-state index >= 15 is 0 Å². The fourth-order valence-corrected chi connectivity index (χ4v) is 3.17. The van der Waals surface area contributed by atoms with Gasteiger partial charge in [-0.25, -0.2) is 0 Å². The van der Waals surface area contributed by atoms with Crippen molar-refractivity contribution >= 4 is 51.5 Å². The van der Waals surface area contributed by atoms with Crippen LogP contribution in [-0.4, -0.2) is 21.9 Å². The molecule has 0 aromatic heterocycles. The number of carbonyl (C=O) groups excluding carboxylic acids is 1. The predicted molar refractivity (Wildman–Crippen MR) is 96.5 cm³/mol. The highest BCUT2D eigenvalue weighted by Gasteiger charge is 2.29. The lowest BCUT2D eigenvalue weighted by Gasteiger charge is -2.16. The average Bonchev–Trinajstić information content (AvgIpc) is 2.89. The Labute approximate surface area is 138 Å². The molecule has 0 unspecified atom stereocenters. The monoisotopic (exact) mass is 327 g/mol.